The minimum Gasteiger partial charge on any atom is -0.303 e. The van der Waals surface area contributed by atoms with Crippen LogP contribution in [0.5, 0.6) is 0 Å². The Kier molecular flexibility index (Phi) is 6.91. The summed E-state index contributed by atoms with van der Waals surface area (Å²) < 4.78 is 0. The standard InChI is InChI=1S/C16H31NO/c1-13(2)8-10-17(11-9-14(3)4)12-15-6-5-7-16(15)18/h13-15H,5-12H2,1-4H3. The summed E-state index contributed by atoms with van der Waals surface area (Å²) in [5, 5.41) is 0. The molecule has 0 saturated heterocycles. The lowest BCUT2D eigenvalue weighted by molar-refractivity contribution is -0.121. The van der Waals surface area contributed by atoms with E-state index < -0.39 is 0 Å². The zero-order valence-electron chi connectivity index (χ0n) is 12.7. The van der Waals surface area contributed by atoms with E-state index in [1.165, 1.54) is 12.8 Å². The van der Waals surface area contributed by atoms with Crippen LogP contribution >= 0.6 is 0 Å². The van der Waals surface area contributed by atoms with Crippen molar-refractivity contribution in [3.8, 4) is 0 Å². The highest BCUT2D eigenvalue weighted by atomic mass is 16.1. The summed E-state index contributed by atoms with van der Waals surface area (Å²) in [4.78, 5) is 14.3. The Morgan fingerprint density at radius 1 is 1.11 bits per heavy atom. The van der Waals surface area contributed by atoms with E-state index in [0.717, 1.165) is 50.7 Å². The SMILES string of the molecule is CC(C)CCN(CCC(C)C)CC1CCCC1=O. The Labute approximate surface area is 113 Å². The van der Waals surface area contributed by atoms with Crippen molar-refractivity contribution >= 4 is 5.78 Å². The average Bonchev–Trinajstić information content (AvgIpc) is 2.68. The van der Waals surface area contributed by atoms with Crippen LogP contribution in [-0.2, 0) is 4.79 Å². The van der Waals surface area contributed by atoms with E-state index in [2.05, 4.69) is 32.6 Å². The van der Waals surface area contributed by atoms with E-state index in [9.17, 15) is 4.79 Å². The molecule has 2 nitrogen and oxygen atoms in total. The lowest BCUT2D eigenvalue weighted by Crippen LogP contribution is -2.34. The fraction of sp³-hybridized carbons (Fsp3) is 0.938. The zero-order chi connectivity index (χ0) is 13.5. The van der Waals surface area contributed by atoms with Crippen LogP contribution < -0.4 is 0 Å². The van der Waals surface area contributed by atoms with Crippen LogP contribution in [-0.4, -0.2) is 30.3 Å². The van der Waals surface area contributed by atoms with Crippen LogP contribution in [0.25, 0.3) is 0 Å². The summed E-state index contributed by atoms with van der Waals surface area (Å²) in [5.74, 6) is 2.36. The predicted octanol–water partition coefficient (Wildman–Crippen LogP) is 3.75. The van der Waals surface area contributed by atoms with Crippen LogP contribution in [0.1, 0.15) is 59.8 Å². The number of carbonyl (C=O) groups is 1. The van der Waals surface area contributed by atoms with Gasteiger partial charge < -0.3 is 4.90 Å². The van der Waals surface area contributed by atoms with E-state index in [4.69, 9.17) is 0 Å². The highest BCUT2D eigenvalue weighted by Crippen LogP contribution is 2.23. The number of rotatable bonds is 8. The third kappa shape index (κ3) is 5.99. The molecule has 1 atom stereocenters. The molecule has 0 N–H and O–H groups in total. The Morgan fingerprint density at radius 2 is 1.67 bits per heavy atom. The molecule has 0 spiro atoms. The first-order valence-electron chi connectivity index (χ1n) is 7.74. The number of ketones is 1. The highest BCUT2D eigenvalue weighted by Gasteiger charge is 2.26. The summed E-state index contributed by atoms with van der Waals surface area (Å²) in [5.41, 5.74) is 0. The van der Waals surface area contributed by atoms with Gasteiger partial charge in [-0.1, -0.05) is 27.7 Å². The molecular weight excluding hydrogens is 222 g/mol. The molecule has 1 unspecified atom stereocenters. The lowest BCUT2D eigenvalue weighted by Gasteiger charge is -2.26. The number of Topliss-reactive ketones (excluding diaryl/α,β-unsaturated/α-hetero) is 1. The van der Waals surface area contributed by atoms with Crippen molar-refractivity contribution in [3.63, 3.8) is 0 Å². The molecule has 0 aliphatic heterocycles. The van der Waals surface area contributed by atoms with Gasteiger partial charge in [0.1, 0.15) is 5.78 Å². The van der Waals surface area contributed by atoms with E-state index in [1.54, 1.807) is 0 Å². The first-order valence-corrected chi connectivity index (χ1v) is 7.74. The first-order chi connectivity index (χ1) is 8.49. The second-order valence-electron chi connectivity index (χ2n) is 6.72. The molecule has 0 heterocycles. The van der Waals surface area contributed by atoms with Gasteiger partial charge in [-0.25, -0.2) is 0 Å². The van der Waals surface area contributed by atoms with Crippen LogP contribution in [0, 0.1) is 17.8 Å². The predicted molar refractivity (Wildman–Crippen MR) is 77.7 cm³/mol. The van der Waals surface area contributed by atoms with Gasteiger partial charge in [0.25, 0.3) is 0 Å². The van der Waals surface area contributed by atoms with Crippen LogP contribution in [0.4, 0.5) is 0 Å². The van der Waals surface area contributed by atoms with Gasteiger partial charge in [-0.05, 0) is 50.6 Å². The molecule has 1 aliphatic carbocycles. The van der Waals surface area contributed by atoms with E-state index in [-0.39, 0.29) is 0 Å². The molecule has 1 aliphatic rings. The largest absolute Gasteiger partial charge is 0.303 e. The molecule has 1 saturated carbocycles. The van der Waals surface area contributed by atoms with Crippen molar-refractivity contribution in [1.29, 1.82) is 0 Å². The Bertz CT molecular complexity index is 235. The zero-order valence-corrected chi connectivity index (χ0v) is 12.7. The summed E-state index contributed by atoms with van der Waals surface area (Å²) in [6.45, 7) is 12.5. The smallest absolute Gasteiger partial charge is 0.137 e. The van der Waals surface area contributed by atoms with Crippen molar-refractivity contribution in [3.05, 3.63) is 0 Å². The average molecular weight is 253 g/mol. The summed E-state index contributed by atoms with van der Waals surface area (Å²) in [6, 6.07) is 0. The second-order valence-corrected chi connectivity index (χ2v) is 6.72. The number of hydrogen-bond acceptors (Lipinski definition) is 2. The molecule has 0 aromatic carbocycles. The molecule has 0 aromatic heterocycles. The van der Waals surface area contributed by atoms with Crippen molar-refractivity contribution in [2.45, 2.75) is 59.8 Å². The van der Waals surface area contributed by atoms with Gasteiger partial charge in [0, 0.05) is 18.9 Å². The summed E-state index contributed by atoms with van der Waals surface area (Å²) in [7, 11) is 0. The van der Waals surface area contributed by atoms with Gasteiger partial charge in [0.2, 0.25) is 0 Å². The third-order valence-corrected chi connectivity index (χ3v) is 3.96. The Balaban J connectivity index is 2.39. The molecule has 18 heavy (non-hydrogen) atoms. The van der Waals surface area contributed by atoms with Crippen molar-refractivity contribution in [2.75, 3.05) is 19.6 Å². The summed E-state index contributed by atoms with van der Waals surface area (Å²) >= 11 is 0. The normalized spacial score (nSPS) is 20.6. The highest BCUT2D eigenvalue weighted by molar-refractivity contribution is 5.83. The minimum atomic E-state index is 0.337. The number of carbonyl (C=O) groups excluding carboxylic acids is 1. The molecular formula is C16H31NO. The fourth-order valence-electron chi connectivity index (χ4n) is 2.57. The third-order valence-electron chi connectivity index (χ3n) is 3.96. The number of nitrogens with zero attached hydrogens (tertiary/aromatic N) is 1. The topological polar surface area (TPSA) is 20.3 Å². The second kappa shape index (κ2) is 7.93. The molecule has 1 rings (SSSR count). The van der Waals surface area contributed by atoms with Gasteiger partial charge >= 0.3 is 0 Å². The van der Waals surface area contributed by atoms with Gasteiger partial charge in [0.05, 0.1) is 0 Å². The molecule has 0 radical (unpaired) electrons. The minimum absolute atomic E-state index is 0.337. The van der Waals surface area contributed by atoms with E-state index in [1.807, 2.05) is 0 Å². The molecule has 0 amide bonds. The van der Waals surface area contributed by atoms with Gasteiger partial charge in [0.15, 0.2) is 0 Å². The maximum atomic E-state index is 11.8. The monoisotopic (exact) mass is 253 g/mol. The van der Waals surface area contributed by atoms with Crippen molar-refractivity contribution < 1.29 is 4.79 Å². The van der Waals surface area contributed by atoms with Crippen molar-refractivity contribution in [1.82, 2.24) is 4.90 Å². The maximum absolute atomic E-state index is 11.8. The Morgan fingerprint density at radius 3 is 2.06 bits per heavy atom. The maximum Gasteiger partial charge on any atom is 0.137 e. The quantitative estimate of drug-likeness (QED) is 0.656. The lowest BCUT2D eigenvalue weighted by atomic mass is 10.0. The van der Waals surface area contributed by atoms with Crippen LogP contribution in [0.15, 0.2) is 0 Å². The van der Waals surface area contributed by atoms with Crippen LogP contribution in [0.2, 0.25) is 0 Å². The van der Waals surface area contributed by atoms with Crippen molar-refractivity contribution in [2.24, 2.45) is 17.8 Å². The molecule has 0 aromatic rings. The molecule has 1 fully saturated rings. The van der Waals surface area contributed by atoms with E-state index in [0.29, 0.717) is 11.7 Å². The fourth-order valence-corrected chi connectivity index (χ4v) is 2.57. The van der Waals surface area contributed by atoms with Gasteiger partial charge in [-0.2, -0.15) is 0 Å². The molecule has 106 valence electrons. The summed E-state index contributed by atoms with van der Waals surface area (Å²) in [6.07, 6.45) is 5.56. The molecule has 0 bridgehead atoms. The Hall–Kier alpha value is -0.370. The van der Waals surface area contributed by atoms with Gasteiger partial charge in [-0.3, -0.25) is 4.79 Å². The number of hydrogen-bond donors (Lipinski definition) is 0. The van der Waals surface area contributed by atoms with Gasteiger partial charge in [-0.15, -0.1) is 0 Å². The molecule has 2 heteroatoms. The van der Waals surface area contributed by atoms with E-state index >= 15 is 0 Å². The van der Waals surface area contributed by atoms with Crippen LogP contribution in [0.3, 0.4) is 0 Å². The first kappa shape index (κ1) is 15.7.